The molecule has 3 amide bonds. The first-order chi connectivity index (χ1) is 13.0. The molecule has 1 aromatic carbocycles. The number of anilines is 1. The van der Waals surface area contributed by atoms with E-state index in [1.54, 1.807) is 6.92 Å². The summed E-state index contributed by atoms with van der Waals surface area (Å²) in [7, 11) is 1.49. The van der Waals surface area contributed by atoms with Gasteiger partial charge >= 0.3 is 6.09 Å². The molecule has 1 N–H and O–H groups in total. The molecule has 1 fully saturated rings. The second-order valence-corrected chi connectivity index (χ2v) is 6.36. The Bertz CT molecular complexity index is 630. The zero-order chi connectivity index (χ0) is 19.6. The van der Waals surface area contributed by atoms with Crippen LogP contribution in [0.1, 0.15) is 13.3 Å². The molecule has 0 radical (unpaired) electrons. The first-order valence-electron chi connectivity index (χ1n) is 9.23. The molecule has 27 heavy (non-hydrogen) atoms. The highest BCUT2D eigenvalue weighted by molar-refractivity contribution is 5.83. The van der Waals surface area contributed by atoms with Crippen molar-refractivity contribution >= 4 is 23.6 Å². The Labute approximate surface area is 160 Å². The average molecular weight is 376 g/mol. The maximum absolute atomic E-state index is 12.3. The van der Waals surface area contributed by atoms with E-state index in [2.05, 4.69) is 22.3 Å². The summed E-state index contributed by atoms with van der Waals surface area (Å²) in [6, 6.07) is 10.1. The molecule has 1 saturated heterocycles. The highest BCUT2D eigenvalue weighted by Gasteiger charge is 2.21. The second-order valence-electron chi connectivity index (χ2n) is 6.36. The number of para-hydroxylation sites is 1. The smallest absolute Gasteiger partial charge is 0.409 e. The Kier molecular flexibility index (Phi) is 7.91. The molecule has 0 bridgehead atoms. The lowest BCUT2D eigenvalue weighted by Crippen LogP contribution is -2.49. The van der Waals surface area contributed by atoms with Crippen molar-refractivity contribution in [1.82, 2.24) is 15.1 Å². The summed E-state index contributed by atoms with van der Waals surface area (Å²) in [6.07, 6.45) is -0.291. The maximum atomic E-state index is 12.3. The van der Waals surface area contributed by atoms with Gasteiger partial charge < -0.3 is 24.8 Å². The van der Waals surface area contributed by atoms with Gasteiger partial charge in [-0.1, -0.05) is 18.2 Å². The van der Waals surface area contributed by atoms with E-state index in [-0.39, 0.29) is 37.9 Å². The van der Waals surface area contributed by atoms with Crippen molar-refractivity contribution in [3.05, 3.63) is 30.3 Å². The SMILES string of the molecule is CCOC(=O)N(C)CC(=O)NCCC(=O)N1CCN(c2ccccc2)CC1. The molecule has 0 aromatic heterocycles. The summed E-state index contributed by atoms with van der Waals surface area (Å²) >= 11 is 0. The molecule has 0 unspecified atom stereocenters. The number of nitrogens with one attached hydrogen (secondary N) is 1. The fourth-order valence-corrected chi connectivity index (χ4v) is 2.89. The number of hydrogen-bond donors (Lipinski definition) is 1. The number of ether oxygens (including phenoxy) is 1. The first-order valence-corrected chi connectivity index (χ1v) is 9.23. The Morgan fingerprint density at radius 3 is 2.41 bits per heavy atom. The number of likely N-dealkylation sites (N-methyl/N-ethyl adjacent to an activating group) is 1. The van der Waals surface area contributed by atoms with Crippen LogP contribution < -0.4 is 10.2 Å². The summed E-state index contributed by atoms with van der Waals surface area (Å²) in [5, 5.41) is 2.67. The van der Waals surface area contributed by atoms with E-state index in [1.165, 1.54) is 17.6 Å². The molecular formula is C19H28N4O4. The molecule has 1 heterocycles. The fourth-order valence-electron chi connectivity index (χ4n) is 2.89. The van der Waals surface area contributed by atoms with E-state index in [9.17, 15) is 14.4 Å². The van der Waals surface area contributed by atoms with Gasteiger partial charge in [0.1, 0.15) is 6.54 Å². The molecule has 0 aliphatic carbocycles. The monoisotopic (exact) mass is 376 g/mol. The summed E-state index contributed by atoms with van der Waals surface area (Å²) < 4.78 is 4.81. The van der Waals surface area contributed by atoms with Crippen LogP contribution in [0.25, 0.3) is 0 Å². The number of nitrogens with zero attached hydrogens (tertiary/aromatic N) is 3. The lowest BCUT2D eigenvalue weighted by atomic mass is 10.2. The maximum Gasteiger partial charge on any atom is 0.409 e. The average Bonchev–Trinajstić information content (AvgIpc) is 2.68. The summed E-state index contributed by atoms with van der Waals surface area (Å²) in [5.74, 6) is -0.283. The van der Waals surface area contributed by atoms with Crippen molar-refractivity contribution in [2.75, 3.05) is 57.8 Å². The Morgan fingerprint density at radius 1 is 1.11 bits per heavy atom. The highest BCUT2D eigenvalue weighted by Crippen LogP contribution is 2.15. The quantitative estimate of drug-likeness (QED) is 0.766. The zero-order valence-corrected chi connectivity index (χ0v) is 16.0. The van der Waals surface area contributed by atoms with E-state index in [1.807, 2.05) is 23.1 Å². The number of carbonyl (C=O) groups excluding carboxylic acids is 3. The minimum absolute atomic E-state index is 0.0294. The van der Waals surface area contributed by atoms with Gasteiger partial charge in [0.2, 0.25) is 11.8 Å². The number of hydrogen-bond acceptors (Lipinski definition) is 5. The van der Waals surface area contributed by atoms with Gasteiger partial charge in [-0.3, -0.25) is 9.59 Å². The molecular weight excluding hydrogens is 348 g/mol. The van der Waals surface area contributed by atoms with Crippen molar-refractivity contribution in [3.63, 3.8) is 0 Å². The molecule has 1 aliphatic rings. The van der Waals surface area contributed by atoms with Crippen LogP contribution in [0.15, 0.2) is 30.3 Å². The van der Waals surface area contributed by atoms with Gasteiger partial charge in [0.15, 0.2) is 0 Å². The lowest BCUT2D eigenvalue weighted by Gasteiger charge is -2.36. The van der Waals surface area contributed by atoms with E-state index in [4.69, 9.17) is 4.74 Å². The molecule has 1 aliphatic heterocycles. The number of benzene rings is 1. The largest absolute Gasteiger partial charge is 0.450 e. The molecule has 2 rings (SSSR count). The number of rotatable bonds is 7. The third-order valence-electron chi connectivity index (χ3n) is 4.38. The van der Waals surface area contributed by atoms with Crippen molar-refractivity contribution in [1.29, 1.82) is 0 Å². The van der Waals surface area contributed by atoms with E-state index < -0.39 is 6.09 Å². The van der Waals surface area contributed by atoms with Crippen LogP contribution >= 0.6 is 0 Å². The minimum Gasteiger partial charge on any atom is -0.450 e. The Balaban J connectivity index is 1.65. The third kappa shape index (κ3) is 6.47. The van der Waals surface area contributed by atoms with Crippen molar-refractivity contribution in [2.45, 2.75) is 13.3 Å². The zero-order valence-electron chi connectivity index (χ0n) is 16.0. The highest BCUT2D eigenvalue weighted by atomic mass is 16.6. The van der Waals surface area contributed by atoms with Crippen LogP contribution in [-0.2, 0) is 14.3 Å². The molecule has 8 heteroatoms. The first kappa shape index (κ1) is 20.5. The standard InChI is InChI=1S/C19H28N4O4/c1-3-27-19(26)21(2)15-17(24)20-10-9-18(25)23-13-11-22(12-14-23)16-7-5-4-6-8-16/h4-8H,3,9-15H2,1-2H3,(H,20,24). The van der Waals surface area contributed by atoms with Crippen LogP contribution in [0.2, 0.25) is 0 Å². The molecule has 0 spiro atoms. The van der Waals surface area contributed by atoms with Crippen molar-refractivity contribution in [2.24, 2.45) is 0 Å². The van der Waals surface area contributed by atoms with Gasteiger partial charge in [-0.2, -0.15) is 0 Å². The van der Waals surface area contributed by atoms with E-state index in [0.29, 0.717) is 13.1 Å². The molecule has 8 nitrogen and oxygen atoms in total. The fraction of sp³-hybridized carbons (Fsp3) is 0.526. The van der Waals surface area contributed by atoms with Gasteiger partial charge in [0.25, 0.3) is 0 Å². The number of piperazine rings is 1. The predicted octanol–water partition coefficient (Wildman–Crippen LogP) is 0.930. The van der Waals surface area contributed by atoms with Gasteiger partial charge in [-0.05, 0) is 19.1 Å². The summed E-state index contributed by atoms with van der Waals surface area (Å²) in [4.78, 5) is 40.9. The predicted molar refractivity (Wildman–Crippen MR) is 103 cm³/mol. The summed E-state index contributed by atoms with van der Waals surface area (Å²) in [6.45, 7) is 5.07. The third-order valence-corrected chi connectivity index (χ3v) is 4.38. The second kappa shape index (κ2) is 10.4. The number of amides is 3. The van der Waals surface area contributed by atoms with Crippen LogP contribution in [-0.4, -0.2) is 80.6 Å². The van der Waals surface area contributed by atoms with Crippen LogP contribution in [0, 0.1) is 0 Å². The van der Waals surface area contributed by atoms with Gasteiger partial charge in [-0.15, -0.1) is 0 Å². The van der Waals surface area contributed by atoms with Crippen LogP contribution in [0.3, 0.4) is 0 Å². The van der Waals surface area contributed by atoms with Crippen LogP contribution in [0.5, 0.6) is 0 Å². The summed E-state index contributed by atoms with van der Waals surface area (Å²) in [5.41, 5.74) is 1.17. The molecule has 0 saturated carbocycles. The lowest BCUT2D eigenvalue weighted by molar-refractivity contribution is -0.131. The van der Waals surface area contributed by atoms with Gasteiger partial charge in [-0.25, -0.2) is 4.79 Å². The number of carbonyl (C=O) groups is 3. The van der Waals surface area contributed by atoms with E-state index in [0.717, 1.165) is 13.1 Å². The molecule has 148 valence electrons. The minimum atomic E-state index is -0.542. The van der Waals surface area contributed by atoms with Crippen molar-refractivity contribution < 1.29 is 19.1 Å². The molecule has 0 atom stereocenters. The van der Waals surface area contributed by atoms with Gasteiger partial charge in [0, 0.05) is 51.9 Å². The van der Waals surface area contributed by atoms with E-state index >= 15 is 0 Å². The van der Waals surface area contributed by atoms with Crippen LogP contribution in [0.4, 0.5) is 10.5 Å². The topological polar surface area (TPSA) is 82.2 Å². The molecule has 1 aromatic rings. The normalized spacial score (nSPS) is 13.9. The Morgan fingerprint density at radius 2 is 1.78 bits per heavy atom. The van der Waals surface area contributed by atoms with Crippen molar-refractivity contribution in [3.8, 4) is 0 Å². The Hall–Kier alpha value is -2.77. The van der Waals surface area contributed by atoms with Gasteiger partial charge in [0.05, 0.1) is 6.61 Å².